The van der Waals surface area contributed by atoms with Crippen molar-refractivity contribution >= 4 is 15.9 Å². The van der Waals surface area contributed by atoms with Crippen LogP contribution in [0.2, 0.25) is 0 Å². The van der Waals surface area contributed by atoms with E-state index >= 15 is 0 Å². The highest BCUT2D eigenvalue weighted by atomic mass is 79.9. The van der Waals surface area contributed by atoms with Gasteiger partial charge in [-0.25, -0.2) is 4.39 Å². The van der Waals surface area contributed by atoms with E-state index in [2.05, 4.69) is 28.3 Å². The maximum absolute atomic E-state index is 13.5. The predicted molar refractivity (Wildman–Crippen MR) is 82.2 cm³/mol. The smallest absolute Gasteiger partial charge is 0.137 e. The van der Waals surface area contributed by atoms with Gasteiger partial charge >= 0.3 is 0 Å². The minimum atomic E-state index is -0.235. The first kappa shape index (κ1) is 16.6. The van der Waals surface area contributed by atoms with Crippen LogP contribution in [0.4, 0.5) is 4.39 Å². The Morgan fingerprint density at radius 1 is 1.21 bits per heavy atom. The summed E-state index contributed by atoms with van der Waals surface area (Å²) >= 11 is 3.29. The summed E-state index contributed by atoms with van der Waals surface area (Å²) < 4.78 is 14.0. The molecule has 1 aromatic rings. The number of rotatable bonds is 9. The lowest BCUT2D eigenvalue weighted by Gasteiger charge is -2.18. The van der Waals surface area contributed by atoms with Gasteiger partial charge in [-0.3, -0.25) is 11.3 Å². The molecule has 0 bridgehead atoms. The van der Waals surface area contributed by atoms with Gasteiger partial charge in [0, 0.05) is 6.04 Å². The lowest BCUT2D eigenvalue weighted by Crippen LogP contribution is -2.28. The molecule has 0 saturated carbocycles. The summed E-state index contributed by atoms with van der Waals surface area (Å²) in [6.07, 6.45) is 8.42. The van der Waals surface area contributed by atoms with Crippen molar-refractivity contribution in [1.29, 1.82) is 0 Å². The van der Waals surface area contributed by atoms with Gasteiger partial charge in [0.1, 0.15) is 5.82 Å². The predicted octanol–water partition coefficient (Wildman–Crippen LogP) is 4.84. The molecule has 3 N–H and O–H groups in total. The van der Waals surface area contributed by atoms with E-state index in [-0.39, 0.29) is 11.9 Å². The Bertz CT molecular complexity index is 371. The minimum Gasteiger partial charge on any atom is -0.271 e. The molecule has 1 unspecified atom stereocenters. The molecule has 0 amide bonds. The lowest BCUT2D eigenvalue weighted by molar-refractivity contribution is 0.472. The van der Waals surface area contributed by atoms with Crippen LogP contribution in [0.25, 0.3) is 0 Å². The summed E-state index contributed by atoms with van der Waals surface area (Å²) in [5.74, 6) is 5.36. The summed E-state index contributed by atoms with van der Waals surface area (Å²) in [5, 5.41) is 0. The van der Waals surface area contributed by atoms with E-state index in [0.29, 0.717) is 4.47 Å². The van der Waals surface area contributed by atoms with Crippen molar-refractivity contribution in [1.82, 2.24) is 5.43 Å². The Labute approximate surface area is 124 Å². The Kier molecular flexibility index (Phi) is 8.26. The molecular formula is C15H24BrFN2. The van der Waals surface area contributed by atoms with Crippen LogP contribution >= 0.6 is 15.9 Å². The van der Waals surface area contributed by atoms with Crippen LogP contribution in [0.5, 0.6) is 0 Å². The van der Waals surface area contributed by atoms with E-state index in [4.69, 9.17) is 5.84 Å². The standard InChI is InChI=1S/C15H24BrFN2/c1-2-3-4-5-6-7-11-14(19-18)12-9-8-10-13(17)15(12)16/h8-10,14,19H,2-7,11,18H2,1H3. The monoisotopic (exact) mass is 330 g/mol. The number of hydrogen-bond donors (Lipinski definition) is 2. The highest BCUT2D eigenvalue weighted by Crippen LogP contribution is 2.28. The molecule has 2 nitrogen and oxygen atoms in total. The Morgan fingerprint density at radius 2 is 1.89 bits per heavy atom. The van der Waals surface area contributed by atoms with Gasteiger partial charge in [0.15, 0.2) is 0 Å². The number of hydrogen-bond acceptors (Lipinski definition) is 2. The number of hydrazine groups is 1. The molecule has 0 aliphatic heterocycles. The second-order valence-electron chi connectivity index (χ2n) is 4.92. The van der Waals surface area contributed by atoms with Gasteiger partial charge in [-0.1, -0.05) is 57.6 Å². The third kappa shape index (κ3) is 5.59. The van der Waals surface area contributed by atoms with E-state index in [1.54, 1.807) is 6.07 Å². The summed E-state index contributed by atoms with van der Waals surface area (Å²) in [5.41, 5.74) is 3.69. The third-order valence-corrected chi connectivity index (χ3v) is 4.24. The minimum absolute atomic E-state index is 0.0104. The number of nitrogens with two attached hydrogens (primary N) is 1. The molecule has 4 heteroatoms. The Hall–Kier alpha value is -0.450. The molecule has 0 radical (unpaired) electrons. The normalized spacial score (nSPS) is 12.6. The second kappa shape index (κ2) is 9.45. The topological polar surface area (TPSA) is 38.0 Å². The van der Waals surface area contributed by atoms with E-state index in [1.165, 1.54) is 38.2 Å². The molecule has 0 heterocycles. The first-order valence-electron chi connectivity index (χ1n) is 7.10. The summed E-state index contributed by atoms with van der Waals surface area (Å²) in [6.45, 7) is 2.22. The molecule has 1 aromatic carbocycles. The molecule has 0 aliphatic rings. The van der Waals surface area contributed by atoms with Crippen LogP contribution in [-0.2, 0) is 0 Å². The molecule has 19 heavy (non-hydrogen) atoms. The van der Waals surface area contributed by atoms with Crippen LogP contribution in [-0.4, -0.2) is 0 Å². The number of benzene rings is 1. The van der Waals surface area contributed by atoms with Crippen molar-refractivity contribution in [2.75, 3.05) is 0 Å². The average Bonchev–Trinajstić information content (AvgIpc) is 2.42. The SMILES string of the molecule is CCCCCCCCC(NN)c1cccc(F)c1Br. The lowest BCUT2D eigenvalue weighted by atomic mass is 10.00. The number of nitrogens with one attached hydrogen (secondary N) is 1. The van der Waals surface area contributed by atoms with Crippen molar-refractivity contribution in [2.24, 2.45) is 5.84 Å². The maximum Gasteiger partial charge on any atom is 0.137 e. The third-order valence-electron chi connectivity index (χ3n) is 3.40. The molecular weight excluding hydrogens is 307 g/mol. The van der Waals surface area contributed by atoms with Crippen LogP contribution in [0.3, 0.4) is 0 Å². The van der Waals surface area contributed by atoms with E-state index in [1.807, 2.05) is 6.07 Å². The first-order valence-corrected chi connectivity index (χ1v) is 7.90. The fourth-order valence-electron chi connectivity index (χ4n) is 2.25. The van der Waals surface area contributed by atoms with Crippen LogP contribution < -0.4 is 11.3 Å². The highest BCUT2D eigenvalue weighted by Gasteiger charge is 2.14. The molecule has 0 saturated heterocycles. The van der Waals surface area contributed by atoms with Gasteiger partial charge in [-0.15, -0.1) is 0 Å². The largest absolute Gasteiger partial charge is 0.271 e. The van der Waals surface area contributed by atoms with Crippen molar-refractivity contribution in [3.63, 3.8) is 0 Å². The Balaban J connectivity index is 2.43. The fourth-order valence-corrected chi connectivity index (χ4v) is 2.79. The molecule has 0 fully saturated rings. The van der Waals surface area contributed by atoms with Gasteiger partial charge in [0.25, 0.3) is 0 Å². The van der Waals surface area contributed by atoms with Crippen molar-refractivity contribution < 1.29 is 4.39 Å². The number of halogens is 2. The molecule has 0 aromatic heterocycles. The molecule has 108 valence electrons. The second-order valence-corrected chi connectivity index (χ2v) is 5.71. The van der Waals surface area contributed by atoms with Gasteiger partial charge in [-0.05, 0) is 34.0 Å². The average molecular weight is 331 g/mol. The van der Waals surface area contributed by atoms with E-state index in [0.717, 1.165) is 18.4 Å². The van der Waals surface area contributed by atoms with Gasteiger partial charge in [-0.2, -0.15) is 0 Å². The van der Waals surface area contributed by atoms with Crippen molar-refractivity contribution in [2.45, 2.75) is 57.9 Å². The van der Waals surface area contributed by atoms with Gasteiger partial charge < -0.3 is 0 Å². The van der Waals surface area contributed by atoms with Gasteiger partial charge in [0.05, 0.1) is 4.47 Å². The first-order chi connectivity index (χ1) is 9.20. The van der Waals surface area contributed by atoms with Crippen molar-refractivity contribution in [3.05, 3.63) is 34.1 Å². The zero-order chi connectivity index (χ0) is 14.1. The van der Waals surface area contributed by atoms with Crippen LogP contribution in [0.1, 0.15) is 63.5 Å². The summed E-state index contributed by atoms with van der Waals surface area (Å²) in [7, 11) is 0. The molecule has 0 spiro atoms. The molecule has 1 rings (SSSR count). The maximum atomic E-state index is 13.5. The quantitative estimate of drug-likeness (QED) is 0.386. The molecule has 0 aliphatic carbocycles. The zero-order valence-corrected chi connectivity index (χ0v) is 13.2. The van der Waals surface area contributed by atoms with Crippen LogP contribution in [0.15, 0.2) is 22.7 Å². The van der Waals surface area contributed by atoms with Crippen LogP contribution in [0, 0.1) is 5.82 Å². The Morgan fingerprint density at radius 3 is 2.58 bits per heavy atom. The van der Waals surface area contributed by atoms with E-state index < -0.39 is 0 Å². The van der Waals surface area contributed by atoms with Crippen molar-refractivity contribution in [3.8, 4) is 0 Å². The zero-order valence-electron chi connectivity index (χ0n) is 11.6. The fraction of sp³-hybridized carbons (Fsp3) is 0.600. The number of unbranched alkanes of at least 4 members (excludes halogenated alkanes) is 5. The highest BCUT2D eigenvalue weighted by molar-refractivity contribution is 9.10. The van der Waals surface area contributed by atoms with E-state index in [9.17, 15) is 4.39 Å². The summed E-state index contributed by atoms with van der Waals surface area (Å²) in [6, 6.07) is 5.10. The summed E-state index contributed by atoms with van der Waals surface area (Å²) in [4.78, 5) is 0. The van der Waals surface area contributed by atoms with Gasteiger partial charge in [0.2, 0.25) is 0 Å². The molecule has 1 atom stereocenters.